The van der Waals surface area contributed by atoms with E-state index in [1.165, 1.54) is 0 Å². The zero-order valence-corrected chi connectivity index (χ0v) is 14.8. The first-order chi connectivity index (χ1) is 11.0. The number of aromatic nitrogens is 1. The highest BCUT2D eigenvalue weighted by Gasteiger charge is 2.24. The quantitative estimate of drug-likeness (QED) is 0.875. The molecule has 1 aliphatic rings. The first kappa shape index (κ1) is 17.8. The van der Waals surface area contributed by atoms with Crippen molar-refractivity contribution >= 4 is 6.03 Å². The molecule has 1 atom stereocenters. The smallest absolute Gasteiger partial charge is 0.317 e. The number of urea groups is 1. The molecule has 1 fully saturated rings. The summed E-state index contributed by atoms with van der Waals surface area (Å²) in [4.78, 5) is 16.4. The Bertz CT molecular complexity index is 497. The molecule has 1 saturated heterocycles. The molecule has 1 aromatic heterocycles. The highest BCUT2D eigenvalue weighted by molar-refractivity contribution is 5.74. The number of likely N-dealkylation sites (N-methyl/N-ethyl adjacent to an activating group) is 1. The number of carbonyl (C=O) groups is 1. The van der Waals surface area contributed by atoms with Crippen LogP contribution in [-0.2, 0) is 6.54 Å². The van der Waals surface area contributed by atoms with Crippen molar-refractivity contribution in [3.8, 4) is 0 Å². The highest BCUT2D eigenvalue weighted by atomic mass is 16.5. The molecule has 0 aliphatic carbocycles. The second kappa shape index (κ2) is 8.34. The van der Waals surface area contributed by atoms with Crippen molar-refractivity contribution in [1.82, 2.24) is 20.3 Å². The fourth-order valence-electron chi connectivity index (χ4n) is 3.15. The highest BCUT2D eigenvalue weighted by Crippen LogP contribution is 2.22. The summed E-state index contributed by atoms with van der Waals surface area (Å²) in [5.41, 5.74) is 0.991. The maximum Gasteiger partial charge on any atom is 0.317 e. The third-order valence-electron chi connectivity index (χ3n) is 4.81. The second-order valence-corrected chi connectivity index (χ2v) is 6.60. The fraction of sp³-hybridized carbons (Fsp3) is 0.765. The molecular formula is C17H30N4O2. The molecule has 1 aliphatic heterocycles. The molecule has 2 rings (SSSR count). The minimum atomic E-state index is -0.0166. The van der Waals surface area contributed by atoms with Gasteiger partial charge in [0.1, 0.15) is 0 Å². The summed E-state index contributed by atoms with van der Waals surface area (Å²) >= 11 is 0. The summed E-state index contributed by atoms with van der Waals surface area (Å²) < 4.78 is 5.35. The van der Waals surface area contributed by atoms with Crippen LogP contribution in [0.2, 0.25) is 0 Å². The van der Waals surface area contributed by atoms with E-state index in [4.69, 9.17) is 4.52 Å². The van der Waals surface area contributed by atoms with Crippen LogP contribution < -0.4 is 5.32 Å². The molecule has 6 heteroatoms. The van der Waals surface area contributed by atoms with E-state index >= 15 is 0 Å². The van der Waals surface area contributed by atoms with E-state index in [9.17, 15) is 4.79 Å². The minimum absolute atomic E-state index is 0.0166. The number of piperidine rings is 1. The van der Waals surface area contributed by atoms with Gasteiger partial charge in [-0.3, -0.25) is 0 Å². The molecule has 2 amide bonds. The van der Waals surface area contributed by atoms with E-state index in [0.717, 1.165) is 50.2 Å². The van der Waals surface area contributed by atoms with Gasteiger partial charge in [0.15, 0.2) is 5.76 Å². The van der Waals surface area contributed by atoms with Crippen LogP contribution in [0.5, 0.6) is 0 Å². The average molecular weight is 322 g/mol. The topological polar surface area (TPSA) is 61.6 Å². The summed E-state index contributed by atoms with van der Waals surface area (Å²) in [5.74, 6) is 1.16. The number of amides is 2. The molecule has 0 bridgehead atoms. The van der Waals surface area contributed by atoms with Gasteiger partial charge in [-0.15, -0.1) is 0 Å². The van der Waals surface area contributed by atoms with Gasteiger partial charge in [-0.1, -0.05) is 19.0 Å². The SMILES string of the molecule is CCC(CC)c1cc(CNC(=O)N2CCC[C@@H](N(C)C)C2)on1. The molecule has 1 aromatic rings. The molecule has 0 aromatic carbocycles. The summed E-state index contributed by atoms with van der Waals surface area (Å²) in [7, 11) is 4.14. The molecule has 0 spiro atoms. The third kappa shape index (κ3) is 4.70. The summed E-state index contributed by atoms with van der Waals surface area (Å²) in [6.45, 7) is 6.32. The first-order valence-corrected chi connectivity index (χ1v) is 8.69. The maximum absolute atomic E-state index is 12.3. The zero-order chi connectivity index (χ0) is 16.8. The Labute approximate surface area is 139 Å². The average Bonchev–Trinajstić information content (AvgIpc) is 3.02. The van der Waals surface area contributed by atoms with Crippen LogP contribution in [0, 0.1) is 0 Å². The summed E-state index contributed by atoms with van der Waals surface area (Å²) in [6, 6.07) is 2.40. The van der Waals surface area contributed by atoms with Gasteiger partial charge in [0.2, 0.25) is 0 Å². The normalized spacial score (nSPS) is 18.7. The first-order valence-electron chi connectivity index (χ1n) is 8.69. The molecule has 0 radical (unpaired) electrons. The van der Waals surface area contributed by atoms with Crippen molar-refractivity contribution < 1.29 is 9.32 Å². The van der Waals surface area contributed by atoms with Crippen LogP contribution in [0.4, 0.5) is 4.79 Å². The lowest BCUT2D eigenvalue weighted by molar-refractivity contribution is 0.139. The lowest BCUT2D eigenvalue weighted by Gasteiger charge is -2.36. The fourth-order valence-corrected chi connectivity index (χ4v) is 3.15. The van der Waals surface area contributed by atoms with Crippen molar-refractivity contribution in [2.24, 2.45) is 0 Å². The Hall–Kier alpha value is -1.56. The van der Waals surface area contributed by atoms with E-state index in [-0.39, 0.29) is 6.03 Å². The van der Waals surface area contributed by atoms with Crippen LogP contribution in [0.3, 0.4) is 0 Å². The Kier molecular flexibility index (Phi) is 6.45. The largest absolute Gasteiger partial charge is 0.359 e. The monoisotopic (exact) mass is 322 g/mol. The van der Waals surface area contributed by atoms with Gasteiger partial charge in [0.05, 0.1) is 12.2 Å². The van der Waals surface area contributed by atoms with E-state index in [0.29, 0.717) is 18.5 Å². The van der Waals surface area contributed by atoms with Crippen LogP contribution in [0.25, 0.3) is 0 Å². The Morgan fingerprint density at radius 2 is 2.22 bits per heavy atom. The van der Waals surface area contributed by atoms with Gasteiger partial charge in [0.25, 0.3) is 0 Å². The number of hydrogen-bond donors (Lipinski definition) is 1. The van der Waals surface area contributed by atoms with E-state index in [2.05, 4.69) is 43.3 Å². The Morgan fingerprint density at radius 3 is 2.87 bits per heavy atom. The van der Waals surface area contributed by atoms with Crippen molar-refractivity contribution in [2.75, 3.05) is 27.2 Å². The molecule has 130 valence electrons. The van der Waals surface area contributed by atoms with Gasteiger partial charge in [-0.25, -0.2) is 4.79 Å². The molecule has 6 nitrogen and oxygen atoms in total. The number of rotatable bonds is 6. The Balaban J connectivity index is 1.84. The standard InChI is InChI=1S/C17H30N4O2/c1-5-13(6-2)16-10-15(23-19-16)11-18-17(22)21-9-7-8-14(12-21)20(3)4/h10,13-14H,5-9,11-12H2,1-4H3,(H,18,22)/t14-/m1/s1. The number of hydrogen-bond acceptors (Lipinski definition) is 4. The van der Waals surface area contributed by atoms with Crippen molar-refractivity contribution in [3.05, 3.63) is 17.5 Å². The molecule has 1 N–H and O–H groups in total. The molecular weight excluding hydrogens is 292 g/mol. The summed E-state index contributed by atoms with van der Waals surface area (Å²) in [6.07, 6.45) is 4.30. The van der Waals surface area contributed by atoms with Gasteiger partial charge >= 0.3 is 6.03 Å². The lowest BCUT2D eigenvalue weighted by atomic mass is 9.99. The van der Waals surface area contributed by atoms with Gasteiger partial charge in [0, 0.05) is 31.1 Å². The van der Waals surface area contributed by atoms with Crippen molar-refractivity contribution in [2.45, 2.75) is 58.0 Å². The van der Waals surface area contributed by atoms with Crippen LogP contribution in [0.15, 0.2) is 10.6 Å². The summed E-state index contributed by atoms with van der Waals surface area (Å²) in [5, 5.41) is 7.09. The lowest BCUT2D eigenvalue weighted by Crippen LogP contribution is -2.50. The van der Waals surface area contributed by atoms with Gasteiger partial charge < -0.3 is 19.6 Å². The van der Waals surface area contributed by atoms with Crippen molar-refractivity contribution in [1.29, 1.82) is 0 Å². The maximum atomic E-state index is 12.3. The van der Waals surface area contributed by atoms with Crippen LogP contribution in [-0.4, -0.2) is 54.2 Å². The van der Waals surface area contributed by atoms with E-state index in [1.54, 1.807) is 0 Å². The van der Waals surface area contributed by atoms with Crippen molar-refractivity contribution in [3.63, 3.8) is 0 Å². The van der Waals surface area contributed by atoms with Gasteiger partial charge in [-0.2, -0.15) is 0 Å². The molecule has 23 heavy (non-hydrogen) atoms. The third-order valence-corrected chi connectivity index (χ3v) is 4.81. The van der Waals surface area contributed by atoms with E-state index < -0.39 is 0 Å². The van der Waals surface area contributed by atoms with E-state index in [1.807, 2.05) is 11.0 Å². The molecule has 0 unspecified atom stereocenters. The molecule has 2 heterocycles. The predicted octanol–water partition coefficient (Wildman–Crippen LogP) is 2.81. The van der Waals surface area contributed by atoms with Crippen LogP contribution in [0.1, 0.15) is 56.9 Å². The number of carbonyl (C=O) groups excluding carboxylic acids is 1. The zero-order valence-electron chi connectivity index (χ0n) is 14.8. The number of nitrogens with one attached hydrogen (secondary N) is 1. The second-order valence-electron chi connectivity index (χ2n) is 6.60. The molecule has 0 saturated carbocycles. The number of likely N-dealkylation sites (tertiary alicyclic amines) is 1. The number of nitrogens with zero attached hydrogens (tertiary/aromatic N) is 3. The van der Waals surface area contributed by atoms with Gasteiger partial charge in [-0.05, 0) is 39.8 Å². The minimum Gasteiger partial charge on any atom is -0.359 e. The van der Waals surface area contributed by atoms with Crippen LogP contribution >= 0.6 is 0 Å². The predicted molar refractivity (Wildman–Crippen MR) is 90.3 cm³/mol. The Morgan fingerprint density at radius 1 is 1.48 bits per heavy atom.